The molecule has 0 aliphatic carbocycles. The van der Waals surface area contributed by atoms with Gasteiger partial charge in [-0.25, -0.2) is 0 Å². The number of aromatic hydroxyl groups is 1. The Hall–Kier alpha value is -0.350. The second-order valence-corrected chi connectivity index (χ2v) is 10.6. The monoisotopic (exact) mass is 616 g/mol. The van der Waals surface area contributed by atoms with E-state index in [9.17, 15) is 9.67 Å². The Morgan fingerprint density at radius 2 is 1.67 bits per heavy atom. The lowest BCUT2D eigenvalue weighted by molar-refractivity contribution is 0.298. The van der Waals surface area contributed by atoms with Gasteiger partial charge in [0, 0.05) is 0 Å². The zero-order valence-corrected chi connectivity index (χ0v) is 20.8. The fourth-order valence-electron chi connectivity index (χ4n) is 2.90. The quantitative estimate of drug-likeness (QED) is 0.297. The second kappa shape index (κ2) is 8.98. The fourth-order valence-corrected chi connectivity index (χ4v) is 5.22. The summed E-state index contributed by atoms with van der Waals surface area (Å²) in [6.07, 6.45) is 0.0788. The van der Waals surface area contributed by atoms with E-state index >= 15 is 0 Å². The molecule has 0 heterocycles. The van der Waals surface area contributed by atoms with Crippen molar-refractivity contribution >= 4 is 52.8 Å². The average Bonchev–Trinajstić information content (AvgIpc) is 2.57. The van der Waals surface area contributed by atoms with Gasteiger partial charge in [-0.05, 0) is 105 Å². The minimum absolute atomic E-state index is 0.232. The normalized spacial score (nSPS) is 11.9. The topological polar surface area (TPSA) is 87.0 Å². The Morgan fingerprint density at radius 3 is 2.15 bits per heavy atom. The van der Waals surface area contributed by atoms with Crippen LogP contribution in [0.25, 0.3) is 0 Å². The minimum Gasteiger partial charge on any atom is -0.508 e. The molecule has 0 radical (unpaired) electrons. The van der Waals surface area contributed by atoms with E-state index in [0.717, 1.165) is 35.0 Å². The predicted molar refractivity (Wildman–Crippen MR) is 124 cm³/mol. The number of benzene rings is 2. The minimum atomic E-state index is -4.24. The van der Waals surface area contributed by atoms with Crippen LogP contribution in [0.3, 0.4) is 0 Å². The number of phenolic OH excluding ortho intramolecular Hbond substituents is 1. The SMILES string of the molecule is Cc1c(I)c(OCP(=O)(O)O)c(I)c(C)c1Cc1ccc(O)c(C(C)C)c1. The van der Waals surface area contributed by atoms with E-state index < -0.39 is 13.9 Å². The highest BCUT2D eigenvalue weighted by atomic mass is 127. The number of rotatable bonds is 6. The van der Waals surface area contributed by atoms with Crippen molar-refractivity contribution in [2.75, 3.05) is 6.35 Å². The maximum atomic E-state index is 11.2. The Bertz CT molecular complexity index is 876. The van der Waals surface area contributed by atoms with E-state index in [4.69, 9.17) is 14.5 Å². The summed E-state index contributed by atoms with van der Waals surface area (Å²) in [4.78, 5) is 18.2. The van der Waals surface area contributed by atoms with Crippen LogP contribution >= 0.6 is 52.8 Å². The highest BCUT2D eigenvalue weighted by Crippen LogP contribution is 2.40. The standard InChI is InChI=1S/C19H23I2O5P/c1-10(2)14-7-13(5-6-16(14)22)8-15-11(3)17(20)19(18(21)12(15)4)26-9-27(23,24)25/h5-7,10,22H,8-9H2,1-4H3,(H2,23,24,25). The third-order valence-corrected chi connectivity index (χ3v) is 7.50. The van der Waals surface area contributed by atoms with Gasteiger partial charge >= 0.3 is 7.60 Å². The van der Waals surface area contributed by atoms with Crippen LogP contribution in [0, 0.1) is 21.0 Å². The smallest absolute Gasteiger partial charge is 0.362 e. The lowest BCUT2D eigenvalue weighted by Crippen LogP contribution is -2.07. The number of hydrogen-bond acceptors (Lipinski definition) is 3. The summed E-state index contributed by atoms with van der Waals surface area (Å²) in [5, 5.41) is 10.0. The lowest BCUT2D eigenvalue weighted by atomic mass is 9.93. The third-order valence-electron chi connectivity index (χ3n) is 4.43. The van der Waals surface area contributed by atoms with Gasteiger partial charge in [-0.2, -0.15) is 0 Å². The molecule has 27 heavy (non-hydrogen) atoms. The summed E-state index contributed by atoms with van der Waals surface area (Å²) < 4.78 is 18.3. The van der Waals surface area contributed by atoms with Gasteiger partial charge in [0.1, 0.15) is 11.5 Å². The van der Waals surface area contributed by atoms with E-state index in [1.54, 1.807) is 6.07 Å². The summed E-state index contributed by atoms with van der Waals surface area (Å²) in [7, 11) is -4.24. The Labute approximate surface area is 187 Å². The molecule has 0 bridgehead atoms. The zero-order chi connectivity index (χ0) is 20.5. The molecule has 5 nitrogen and oxygen atoms in total. The number of hydrogen-bond donors (Lipinski definition) is 3. The molecule has 2 aromatic rings. The molecule has 8 heteroatoms. The Morgan fingerprint density at radius 1 is 1.11 bits per heavy atom. The van der Waals surface area contributed by atoms with Crippen LogP contribution in [-0.4, -0.2) is 21.2 Å². The molecule has 0 saturated carbocycles. The van der Waals surface area contributed by atoms with Crippen LogP contribution in [0.5, 0.6) is 11.5 Å². The van der Waals surface area contributed by atoms with Gasteiger partial charge < -0.3 is 19.6 Å². The van der Waals surface area contributed by atoms with E-state index in [2.05, 4.69) is 45.2 Å². The molecule has 0 aliphatic rings. The maximum absolute atomic E-state index is 11.2. The van der Waals surface area contributed by atoms with E-state index in [1.165, 1.54) is 0 Å². The van der Waals surface area contributed by atoms with Gasteiger partial charge in [-0.15, -0.1) is 0 Å². The number of ether oxygens (including phenoxy) is 1. The zero-order valence-electron chi connectivity index (χ0n) is 15.6. The molecule has 0 saturated heterocycles. The molecule has 0 fully saturated rings. The van der Waals surface area contributed by atoms with Gasteiger partial charge in [-0.1, -0.05) is 26.0 Å². The van der Waals surface area contributed by atoms with Crippen LogP contribution in [0.1, 0.15) is 47.6 Å². The van der Waals surface area contributed by atoms with Crippen LogP contribution < -0.4 is 4.74 Å². The first-order valence-electron chi connectivity index (χ1n) is 8.38. The first-order valence-corrected chi connectivity index (χ1v) is 12.3. The first kappa shape index (κ1) is 22.9. The summed E-state index contributed by atoms with van der Waals surface area (Å²) in [5.41, 5.74) is 5.27. The molecule has 0 spiro atoms. The van der Waals surface area contributed by atoms with Crippen molar-refractivity contribution in [1.82, 2.24) is 0 Å². The lowest BCUT2D eigenvalue weighted by Gasteiger charge is -2.20. The van der Waals surface area contributed by atoms with Gasteiger partial charge in [0.15, 0.2) is 6.35 Å². The second-order valence-electron chi connectivity index (χ2n) is 6.85. The third kappa shape index (κ3) is 5.59. The van der Waals surface area contributed by atoms with Gasteiger partial charge in [0.05, 0.1) is 7.14 Å². The fraction of sp³-hybridized carbons (Fsp3) is 0.368. The molecule has 3 N–H and O–H groups in total. The molecular weight excluding hydrogens is 593 g/mol. The van der Waals surface area contributed by atoms with Gasteiger partial charge in [0.25, 0.3) is 0 Å². The molecule has 2 aromatic carbocycles. The van der Waals surface area contributed by atoms with Crippen LogP contribution in [0.15, 0.2) is 18.2 Å². The summed E-state index contributed by atoms with van der Waals surface area (Å²) in [5.74, 6) is 1.07. The molecule has 2 rings (SSSR count). The van der Waals surface area contributed by atoms with Crippen LogP contribution in [0.4, 0.5) is 0 Å². The Balaban J connectivity index is 2.44. The van der Waals surface area contributed by atoms with Crippen molar-refractivity contribution in [3.63, 3.8) is 0 Å². The van der Waals surface area contributed by atoms with E-state index in [-0.39, 0.29) is 5.92 Å². The van der Waals surface area contributed by atoms with Crippen molar-refractivity contribution in [2.45, 2.75) is 40.0 Å². The molecule has 148 valence electrons. The van der Waals surface area contributed by atoms with Crippen molar-refractivity contribution in [3.05, 3.63) is 53.2 Å². The number of halogens is 2. The van der Waals surface area contributed by atoms with Gasteiger partial charge in [-0.3, -0.25) is 4.57 Å². The van der Waals surface area contributed by atoms with Crippen molar-refractivity contribution in [1.29, 1.82) is 0 Å². The largest absolute Gasteiger partial charge is 0.508 e. The summed E-state index contributed by atoms with van der Waals surface area (Å²) >= 11 is 4.33. The molecule has 0 atom stereocenters. The maximum Gasteiger partial charge on any atom is 0.362 e. The number of phenols is 1. The molecular formula is C19H23I2O5P. The van der Waals surface area contributed by atoms with E-state index in [1.807, 2.05) is 39.8 Å². The Kier molecular flexibility index (Phi) is 7.63. The molecule has 0 aromatic heterocycles. The van der Waals surface area contributed by atoms with E-state index in [0.29, 0.717) is 17.9 Å². The van der Waals surface area contributed by atoms with Crippen molar-refractivity contribution in [3.8, 4) is 11.5 Å². The summed E-state index contributed by atoms with van der Waals surface area (Å²) in [6, 6.07) is 5.71. The van der Waals surface area contributed by atoms with Crippen molar-refractivity contribution < 1.29 is 24.2 Å². The average molecular weight is 616 g/mol. The first-order chi connectivity index (χ1) is 12.4. The molecule has 0 aliphatic heterocycles. The predicted octanol–water partition coefficient (Wildman–Crippen LogP) is 5.45. The van der Waals surface area contributed by atoms with Gasteiger partial charge in [0.2, 0.25) is 0 Å². The van der Waals surface area contributed by atoms with Crippen molar-refractivity contribution in [2.24, 2.45) is 0 Å². The summed E-state index contributed by atoms with van der Waals surface area (Å²) in [6.45, 7) is 8.09. The highest BCUT2D eigenvalue weighted by Gasteiger charge is 2.22. The molecule has 0 unspecified atom stereocenters. The highest BCUT2D eigenvalue weighted by molar-refractivity contribution is 14.1. The molecule has 0 amide bonds. The van der Waals surface area contributed by atoms with Crippen LogP contribution in [-0.2, 0) is 11.0 Å². The van der Waals surface area contributed by atoms with Crippen LogP contribution in [0.2, 0.25) is 0 Å².